The Bertz CT molecular complexity index is 1260. The number of rotatable bonds is 4. The summed E-state index contributed by atoms with van der Waals surface area (Å²) < 4.78 is 3.35. The lowest BCUT2D eigenvalue weighted by molar-refractivity contribution is 0.173. The molecule has 0 radical (unpaired) electrons. The number of benzene rings is 1. The molecular weight excluding hydrogens is 402 g/mol. The van der Waals surface area contributed by atoms with E-state index in [1.807, 2.05) is 30.3 Å². The maximum absolute atomic E-state index is 12.8. The van der Waals surface area contributed by atoms with Crippen molar-refractivity contribution < 1.29 is 5.11 Å². The summed E-state index contributed by atoms with van der Waals surface area (Å²) in [5.41, 5.74) is 4.34. The summed E-state index contributed by atoms with van der Waals surface area (Å²) in [6, 6.07) is 12.2. The molecule has 3 aromatic rings. The van der Waals surface area contributed by atoms with Crippen LogP contribution < -0.4 is 5.69 Å². The maximum Gasteiger partial charge on any atom is 0.330 e. The fraction of sp³-hybridized carbons (Fsp3) is 0.480. The Labute approximate surface area is 188 Å². The second-order valence-electron chi connectivity index (χ2n) is 10.2. The third-order valence-corrected chi connectivity index (χ3v) is 6.16. The zero-order valence-corrected chi connectivity index (χ0v) is 19.5. The summed E-state index contributed by atoms with van der Waals surface area (Å²) in [6.45, 7) is 10.4. The molecule has 3 heterocycles. The highest BCUT2D eigenvalue weighted by atomic mass is 16.3. The molecule has 1 N–H and O–H groups in total. The number of nitrogens with zero attached hydrogens (tertiary/aromatic N) is 5. The summed E-state index contributed by atoms with van der Waals surface area (Å²) >= 11 is 0. The van der Waals surface area contributed by atoms with E-state index in [2.05, 4.69) is 38.7 Å². The smallest absolute Gasteiger partial charge is 0.330 e. The van der Waals surface area contributed by atoms with Gasteiger partial charge in [0.25, 0.3) is 0 Å². The van der Waals surface area contributed by atoms with Gasteiger partial charge in [0.2, 0.25) is 0 Å². The van der Waals surface area contributed by atoms with Crippen molar-refractivity contribution in [2.75, 3.05) is 6.54 Å². The van der Waals surface area contributed by atoms with Crippen molar-refractivity contribution in [2.24, 2.45) is 12.5 Å². The van der Waals surface area contributed by atoms with E-state index in [1.165, 1.54) is 0 Å². The number of nitriles is 1. The topological polar surface area (TPSA) is 87.1 Å². The van der Waals surface area contributed by atoms with Crippen molar-refractivity contribution in [1.29, 1.82) is 5.26 Å². The van der Waals surface area contributed by atoms with Crippen LogP contribution >= 0.6 is 0 Å². The van der Waals surface area contributed by atoms with Gasteiger partial charge in [0.15, 0.2) is 5.65 Å². The Morgan fingerprint density at radius 3 is 2.62 bits per heavy atom. The van der Waals surface area contributed by atoms with E-state index < -0.39 is 0 Å². The first-order valence-electron chi connectivity index (χ1n) is 11.1. The molecule has 1 fully saturated rings. The van der Waals surface area contributed by atoms with Crippen molar-refractivity contribution in [3.05, 3.63) is 51.9 Å². The zero-order chi connectivity index (χ0) is 23.2. The van der Waals surface area contributed by atoms with Crippen LogP contribution in [0.5, 0.6) is 0 Å². The van der Waals surface area contributed by atoms with Crippen LogP contribution in [0.2, 0.25) is 0 Å². The van der Waals surface area contributed by atoms with Crippen LogP contribution in [0.4, 0.5) is 0 Å². The molecule has 1 aromatic carbocycles. The van der Waals surface area contributed by atoms with Gasteiger partial charge in [-0.05, 0) is 48.6 Å². The molecule has 7 heteroatoms. The number of hydrogen-bond donors (Lipinski definition) is 1. The first kappa shape index (κ1) is 22.3. The van der Waals surface area contributed by atoms with E-state index in [9.17, 15) is 15.2 Å². The number of fused-ring (bicyclic) bond motifs is 1. The summed E-state index contributed by atoms with van der Waals surface area (Å²) in [5.74, 6) is 0. The number of aryl methyl sites for hydroxylation is 1. The standard InChI is InChI=1S/C25H31N5O2/c1-16-10-19(31)14-29(16)13-17-6-7-18(12-26)20(11-17)21-8-9-22-23(27-21)28(5)24(32)30(22)15-25(2,3)4/h6-9,11,16,19,31H,10,13-15H2,1-5H3/t16-,19-/m1/s1. The van der Waals surface area contributed by atoms with Crippen LogP contribution in [0.25, 0.3) is 22.4 Å². The van der Waals surface area contributed by atoms with Crippen LogP contribution in [-0.2, 0) is 20.1 Å². The molecule has 1 saturated heterocycles. The fourth-order valence-corrected chi connectivity index (χ4v) is 4.57. The summed E-state index contributed by atoms with van der Waals surface area (Å²) in [6.07, 6.45) is 0.492. The Morgan fingerprint density at radius 2 is 2.00 bits per heavy atom. The van der Waals surface area contributed by atoms with Crippen molar-refractivity contribution in [3.63, 3.8) is 0 Å². The number of aliphatic hydroxyl groups is 1. The Kier molecular flexibility index (Phi) is 5.70. The van der Waals surface area contributed by atoms with Gasteiger partial charge in [0.1, 0.15) is 0 Å². The van der Waals surface area contributed by atoms with Gasteiger partial charge in [-0.2, -0.15) is 5.26 Å². The van der Waals surface area contributed by atoms with E-state index in [1.54, 1.807) is 16.2 Å². The van der Waals surface area contributed by atoms with Crippen molar-refractivity contribution in [1.82, 2.24) is 19.0 Å². The van der Waals surface area contributed by atoms with Gasteiger partial charge < -0.3 is 5.11 Å². The van der Waals surface area contributed by atoms with E-state index in [0.29, 0.717) is 42.6 Å². The summed E-state index contributed by atoms with van der Waals surface area (Å²) in [7, 11) is 1.74. The zero-order valence-electron chi connectivity index (χ0n) is 19.5. The first-order chi connectivity index (χ1) is 15.1. The maximum atomic E-state index is 12.8. The molecule has 0 unspecified atom stereocenters. The van der Waals surface area contributed by atoms with E-state index in [0.717, 1.165) is 23.1 Å². The van der Waals surface area contributed by atoms with Gasteiger partial charge in [-0.25, -0.2) is 9.78 Å². The molecule has 2 aromatic heterocycles. The quantitative estimate of drug-likeness (QED) is 0.682. The number of aromatic nitrogens is 3. The molecule has 1 aliphatic rings. The highest BCUT2D eigenvalue weighted by Crippen LogP contribution is 2.28. The lowest BCUT2D eigenvalue weighted by atomic mass is 9.97. The van der Waals surface area contributed by atoms with Crippen molar-refractivity contribution >= 4 is 11.2 Å². The van der Waals surface area contributed by atoms with Crippen LogP contribution in [0.1, 0.15) is 45.2 Å². The molecule has 0 amide bonds. The second-order valence-corrected chi connectivity index (χ2v) is 10.2. The third-order valence-electron chi connectivity index (χ3n) is 6.16. The molecule has 168 valence electrons. The van der Waals surface area contributed by atoms with Gasteiger partial charge in [0.05, 0.1) is 28.9 Å². The van der Waals surface area contributed by atoms with Gasteiger partial charge in [-0.1, -0.05) is 26.8 Å². The van der Waals surface area contributed by atoms with Gasteiger partial charge in [-0.15, -0.1) is 0 Å². The molecule has 2 atom stereocenters. The average molecular weight is 434 g/mol. The highest BCUT2D eigenvalue weighted by molar-refractivity contribution is 5.78. The normalized spacial score (nSPS) is 19.5. The van der Waals surface area contributed by atoms with E-state index in [-0.39, 0.29) is 17.2 Å². The minimum absolute atomic E-state index is 0.0423. The first-order valence-corrected chi connectivity index (χ1v) is 11.1. The minimum atomic E-state index is -0.287. The van der Waals surface area contributed by atoms with Crippen molar-refractivity contribution in [2.45, 2.75) is 59.4 Å². The van der Waals surface area contributed by atoms with E-state index in [4.69, 9.17) is 4.98 Å². The molecule has 7 nitrogen and oxygen atoms in total. The van der Waals surface area contributed by atoms with Crippen LogP contribution in [0, 0.1) is 16.7 Å². The largest absolute Gasteiger partial charge is 0.392 e. The number of β-amino-alcohol motifs (C(OH)–C–C–N with tert-alkyl or cyclic N) is 1. The SMILES string of the molecule is C[C@@H]1C[C@@H](O)CN1Cc1ccc(C#N)c(-c2ccc3c(n2)n(C)c(=O)n3CC(C)(C)C)c1. The van der Waals surface area contributed by atoms with E-state index >= 15 is 0 Å². The van der Waals surface area contributed by atoms with Crippen molar-refractivity contribution in [3.8, 4) is 17.3 Å². The highest BCUT2D eigenvalue weighted by Gasteiger charge is 2.27. The molecule has 0 aliphatic carbocycles. The predicted octanol–water partition coefficient (Wildman–Crippen LogP) is 3.27. The summed E-state index contributed by atoms with van der Waals surface area (Å²) in [5, 5.41) is 19.7. The molecule has 32 heavy (non-hydrogen) atoms. The number of pyridine rings is 1. The average Bonchev–Trinajstić information content (AvgIpc) is 3.17. The second kappa shape index (κ2) is 8.19. The Balaban J connectivity index is 1.76. The minimum Gasteiger partial charge on any atom is -0.392 e. The van der Waals surface area contributed by atoms with Gasteiger partial charge in [0, 0.05) is 38.3 Å². The number of imidazole rings is 1. The lowest BCUT2D eigenvalue weighted by Crippen LogP contribution is -2.27. The molecule has 0 bridgehead atoms. The molecule has 1 aliphatic heterocycles. The molecule has 0 saturated carbocycles. The monoisotopic (exact) mass is 433 g/mol. The summed E-state index contributed by atoms with van der Waals surface area (Å²) in [4.78, 5) is 19.9. The molecule has 0 spiro atoms. The Hall–Kier alpha value is -2.95. The molecular formula is C25H31N5O2. The molecule has 4 rings (SSSR count). The Morgan fingerprint density at radius 1 is 1.25 bits per heavy atom. The number of aliphatic hydroxyl groups excluding tert-OH is 1. The van der Waals surface area contributed by atoms with Gasteiger partial charge >= 0.3 is 5.69 Å². The number of hydrogen-bond acceptors (Lipinski definition) is 5. The van der Waals surface area contributed by atoms with Crippen LogP contribution in [0.3, 0.4) is 0 Å². The van der Waals surface area contributed by atoms with Gasteiger partial charge in [-0.3, -0.25) is 14.0 Å². The van der Waals surface area contributed by atoms with Crippen LogP contribution in [0.15, 0.2) is 35.1 Å². The lowest BCUT2D eigenvalue weighted by Gasteiger charge is -2.21. The van der Waals surface area contributed by atoms with Crippen LogP contribution in [-0.4, -0.2) is 42.8 Å². The fourth-order valence-electron chi connectivity index (χ4n) is 4.57. The number of likely N-dealkylation sites (tertiary alicyclic amines) is 1. The third kappa shape index (κ3) is 4.21. The predicted molar refractivity (Wildman–Crippen MR) is 125 cm³/mol.